The van der Waals surface area contributed by atoms with Gasteiger partial charge in [-0.1, -0.05) is 41.7 Å². The summed E-state index contributed by atoms with van der Waals surface area (Å²) < 4.78 is 2.41. The molecule has 3 N–H and O–H groups in total. The molecular weight excluding hydrogens is 390 g/mol. The average molecular weight is 409 g/mol. The Bertz CT molecular complexity index is 1250. The fraction of sp³-hybridized carbons (Fsp3) is 0.190. The van der Waals surface area contributed by atoms with Crippen LogP contribution in [-0.2, 0) is 22.6 Å². The van der Waals surface area contributed by atoms with Crippen molar-refractivity contribution in [2.24, 2.45) is 0 Å². The molecule has 7 nitrogen and oxygen atoms in total. The number of thiazole rings is 1. The van der Waals surface area contributed by atoms with E-state index in [1.54, 1.807) is 10.8 Å². The molecule has 4 aromatic rings. The monoisotopic (exact) mass is 409 g/mol. The zero-order chi connectivity index (χ0) is 20.4. The summed E-state index contributed by atoms with van der Waals surface area (Å²) in [5, 5.41) is 13.1. The van der Waals surface area contributed by atoms with Crippen molar-refractivity contribution in [1.29, 1.82) is 0 Å². The van der Waals surface area contributed by atoms with E-state index in [0.717, 1.165) is 38.0 Å². The molecule has 2 heterocycles. The number of aromatic amines is 1. The summed E-state index contributed by atoms with van der Waals surface area (Å²) >= 11 is 1.13. The second kappa shape index (κ2) is 7.92. The van der Waals surface area contributed by atoms with Crippen molar-refractivity contribution in [3.05, 3.63) is 70.0 Å². The summed E-state index contributed by atoms with van der Waals surface area (Å²) in [6, 6.07) is 14.0. The Balaban J connectivity index is 1.44. The van der Waals surface area contributed by atoms with E-state index < -0.39 is 17.9 Å². The molecule has 0 saturated heterocycles. The van der Waals surface area contributed by atoms with E-state index in [9.17, 15) is 19.5 Å². The molecule has 0 aliphatic heterocycles. The fourth-order valence-electron chi connectivity index (χ4n) is 3.43. The van der Waals surface area contributed by atoms with Crippen LogP contribution < -0.4 is 10.2 Å². The number of nitrogens with one attached hydrogen (secondary N) is 2. The molecular formula is C21H19N3O4S. The first-order chi connectivity index (χ1) is 14.0. The summed E-state index contributed by atoms with van der Waals surface area (Å²) in [4.78, 5) is 39.2. The van der Waals surface area contributed by atoms with Gasteiger partial charge in [0.2, 0.25) is 5.91 Å². The van der Waals surface area contributed by atoms with Gasteiger partial charge in [0, 0.05) is 36.5 Å². The maximum Gasteiger partial charge on any atom is 0.326 e. The van der Waals surface area contributed by atoms with Crippen LogP contribution in [-0.4, -0.2) is 32.6 Å². The van der Waals surface area contributed by atoms with Crippen LogP contribution in [0, 0.1) is 0 Å². The van der Waals surface area contributed by atoms with Crippen LogP contribution in [0.3, 0.4) is 0 Å². The normalized spacial score (nSPS) is 12.3. The first-order valence-corrected chi connectivity index (χ1v) is 10.00. The molecule has 0 spiro atoms. The Morgan fingerprint density at radius 2 is 1.90 bits per heavy atom. The van der Waals surface area contributed by atoms with Crippen LogP contribution >= 0.6 is 11.3 Å². The standard InChI is InChI=1S/C21H19N3O4S/c25-19(9-10-24-17-7-3-4-8-18(17)29-21(24)28)23-16(20(26)27)11-13-12-22-15-6-2-1-5-14(13)15/h1-8,12,16,22H,9-11H2,(H,23,25)(H,26,27). The number of H-pyrrole nitrogens is 1. The molecule has 4 rings (SSSR count). The minimum atomic E-state index is -1.10. The predicted molar refractivity (Wildman–Crippen MR) is 112 cm³/mol. The molecule has 0 aliphatic rings. The first-order valence-electron chi connectivity index (χ1n) is 9.18. The lowest BCUT2D eigenvalue weighted by molar-refractivity contribution is -0.141. The number of hydrogen-bond donors (Lipinski definition) is 3. The number of para-hydroxylation sites is 2. The molecule has 0 aliphatic carbocycles. The van der Waals surface area contributed by atoms with Crippen LogP contribution in [0.1, 0.15) is 12.0 Å². The molecule has 2 aromatic carbocycles. The molecule has 0 bridgehead atoms. The van der Waals surface area contributed by atoms with Crippen LogP contribution in [0.15, 0.2) is 59.5 Å². The number of rotatable bonds is 7. The van der Waals surface area contributed by atoms with Crippen LogP contribution in [0.2, 0.25) is 0 Å². The Labute approximate surface area is 169 Å². The number of aryl methyl sites for hydroxylation is 1. The largest absolute Gasteiger partial charge is 0.480 e. The molecule has 1 unspecified atom stereocenters. The van der Waals surface area contributed by atoms with Gasteiger partial charge in [0.05, 0.1) is 10.2 Å². The number of benzene rings is 2. The smallest absolute Gasteiger partial charge is 0.326 e. The third-order valence-corrected chi connectivity index (χ3v) is 5.83. The van der Waals surface area contributed by atoms with Gasteiger partial charge in [-0.25, -0.2) is 4.79 Å². The van der Waals surface area contributed by atoms with Crippen molar-refractivity contribution in [3.8, 4) is 0 Å². The highest BCUT2D eigenvalue weighted by atomic mass is 32.1. The van der Waals surface area contributed by atoms with Gasteiger partial charge < -0.3 is 15.4 Å². The third kappa shape index (κ3) is 3.93. The summed E-state index contributed by atoms with van der Waals surface area (Å²) in [7, 11) is 0. The number of nitrogens with zero attached hydrogens (tertiary/aromatic N) is 1. The van der Waals surface area contributed by atoms with Gasteiger partial charge in [-0.2, -0.15) is 0 Å². The van der Waals surface area contributed by atoms with Gasteiger partial charge in [0.25, 0.3) is 0 Å². The molecule has 0 saturated carbocycles. The SMILES string of the molecule is O=C(CCn1c(=O)sc2ccccc21)NC(Cc1c[nH]c2ccccc12)C(=O)O. The van der Waals surface area contributed by atoms with Crippen LogP contribution in [0.5, 0.6) is 0 Å². The van der Waals surface area contributed by atoms with E-state index in [0.29, 0.717) is 0 Å². The number of aromatic nitrogens is 2. The Hall–Kier alpha value is -3.39. The van der Waals surface area contributed by atoms with Crippen molar-refractivity contribution in [2.45, 2.75) is 25.4 Å². The lowest BCUT2D eigenvalue weighted by Crippen LogP contribution is -2.42. The second-order valence-corrected chi connectivity index (χ2v) is 7.75. The second-order valence-electron chi connectivity index (χ2n) is 6.76. The van der Waals surface area contributed by atoms with E-state index in [-0.39, 0.29) is 24.3 Å². The Morgan fingerprint density at radius 3 is 2.72 bits per heavy atom. The van der Waals surface area contributed by atoms with Crippen molar-refractivity contribution >= 4 is 44.3 Å². The highest BCUT2D eigenvalue weighted by molar-refractivity contribution is 7.16. The number of carboxylic acids is 1. The third-order valence-electron chi connectivity index (χ3n) is 4.87. The Kier molecular flexibility index (Phi) is 5.18. The number of fused-ring (bicyclic) bond motifs is 2. The molecule has 2 aromatic heterocycles. The molecule has 29 heavy (non-hydrogen) atoms. The van der Waals surface area contributed by atoms with Crippen molar-refractivity contribution in [3.63, 3.8) is 0 Å². The van der Waals surface area contributed by atoms with Gasteiger partial charge in [0.1, 0.15) is 6.04 Å². The van der Waals surface area contributed by atoms with E-state index in [2.05, 4.69) is 10.3 Å². The summed E-state index contributed by atoms with van der Waals surface area (Å²) in [5.74, 6) is -1.50. The molecule has 0 radical (unpaired) electrons. The lowest BCUT2D eigenvalue weighted by Gasteiger charge is -2.14. The number of amides is 1. The molecule has 8 heteroatoms. The van der Waals surface area contributed by atoms with Crippen molar-refractivity contribution in [2.75, 3.05) is 0 Å². The van der Waals surface area contributed by atoms with Gasteiger partial charge >= 0.3 is 10.8 Å². The zero-order valence-electron chi connectivity index (χ0n) is 15.4. The van der Waals surface area contributed by atoms with E-state index >= 15 is 0 Å². The van der Waals surface area contributed by atoms with Crippen molar-refractivity contribution in [1.82, 2.24) is 14.9 Å². The lowest BCUT2D eigenvalue weighted by atomic mass is 10.0. The van der Waals surface area contributed by atoms with Gasteiger partial charge in [-0.15, -0.1) is 0 Å². The number of aliphatic carboxylic acids is 1. The number of carbonyl (C=O) groups excluding carboxylic acids is 1. The predicted octanol–water partition coefficient (Wildman–Crippen LogP) is 2.75. The van der Waals surface area contributed by atoms with E-state index in [1.165, 1.54) is 0 Å². The first kappa shape index (κ1) is 18.9. The molecule has 1 atom stereocenters. The maximum absolute atomic E-state index is 12.4. The summed E-state index contributed by atoms with van der Waals surface area (Å²) in [6.45, 7) is 0.202. The topological polar surface area (TPSA) is 104 Å². The zero-order valence-corrected chi connectivity index (χ0v) is 16.2. The van der Waals surface area contributed by atoms with E-state index in [1.807, 2.05) is 48.5 Å². The number of carboxylic acid groups (broad SMARTS) is 1. The van der Waals surface area contributed by atoms with E-state index in [4.69, 9.17) is 0 Å². The summed E-state index contributed by atoms with van der Waals surface area (Å²) in [5.41, 5.74) is 2.53. The Morgan fingerprint density at radius 1 is 1.14 bits per heavy atom. The number of carbonyl (C=O) groups is 2. The highest BCUT2D eigenvalue weighted by Gasteiger charge is 2.22. The average Bonchev–Trinajstić information content (AvgIpc) is 3.26. The molecule has 148 valence electrons. The van der Waals surface area contributed by atoms with Gasteiger partial charge in [-0.3, -0.25) is 14.2 Å². The van der Waals surface area contributed by atoms with Gasteiger partial charge in [0.15, 0.2) is 0 Å². The quantitative estimate of drug-likeness (QED) is 0.437. The van der Waals surface area contributed by atoms with Crippen LogP contribution in [0.25, 0.3) is 21.1 Å². The fourth-order valence-corrected chi connectivity index (χ4v) is 4.34. The highest BCUT2D eigenvalue weighted by Crippen LogP contribution is 2.19. The minimum absolute atomic E-state index is 0.0261. The maximum atomic E-state index is 12.4. The molecule has 0 fully saturated rings. The molecule has 1 amide bonds. The van der Waals surface area contributed by atoms with Crippen LogP contribution in [0.4, 0.5) is 0 Å². The number of hydrogen-bond acceptors (Lipinski definition) is 4. The summed E-state index contributed by atoms with van der Waals surface area (Å²) in [6.07, 6.45) is 1.97. The van der Waals surface area contributed by atoms with Gasteiger partial charge in [-0.05, 0) is 23.8 Å². The minimum Gasteiger partial charge on any atom is -0.480 e. The van der Waals surface area contributed by atoms with Crippen molar-refractivity contribution < 1.29 is 14.7 Å².